The van der Waals surface area contributed by atoms with E-state index in [0.717, 1.165) is 0 Å². The lowest BCUT2D eigenvalue weighted by Gasteiger charge is -2.12. The highest BCUT2D eigenvalue weighted by Gasteiger charge is 2.22. The third-order valence-electron chi connectivity index (χ3n) is 3.69. The first-order chi connectivity index (χ1) is 12.2. The van der Waals surface area contributed by atoms with Gasteiger partial charge < -0.3 is 10.6 Å². The number of Topliss-reactive ketones (excluding diaryl/α,β-unsaturated/α-hetero) is 1. The van der Waals surface area contributed by atoms with Gasteiger partial charge in [0.2, 0.25) is 11.8 Å². The van der Waals surface area contributed by atoms with Gasteiger partial charge in [0, 0.05) is 11.3 Å². The molecule has 0 saturated heterocycles. The van der Waals surface area contributed by atoms with E-state index in [9.17, 15) is 22.8 Å². The van der Waals surface area contributed by atoms with E-state index in [2.05, 4.69) is 15.4 Å². The number of benzene rings is 2. The van der Waals surface area contributed by atoms with E-state index in [-0.39, 0.29) is 28.5 Å². The Hall–Kier alpha value is -3.20. The summed E-state index contributed by atoms with van der Waals surface area (Å²) in [5, 5.41) is 5.02. The number of nitrogens with one attached hydrogen (secondary N) is 3. The molecule has 134 valence electrons. The Morgan fingerprint density at radius 3 is 2.38 bits per heavy atom. The molecule has 2 aromatic carbocycles. The fraction of sp³-hybridized carbons (Fsp3) is 0.118. The quantitative estimate of drug-likeness (QED) is 0.559. The Morgan fingerprint density at radius 2 is 1.69 bits per heavy atom. The van der Waals surface area contributed by atoms with Gasteiger partial charge in [-0.1, -0.05) is 12.1 Å². The summed E-state index contributed by atoms with van der Waals surface area (Å²) < 4.78 is 27.6. The smallest absolute Gasteiger partial charge is 0.261 e. The average molecular weight is 373 g/mol. The van der Waals surface area contributed by atoms with Crippen molar-refractivity contribution >= 4 is 44.7 Å². The summed E-state index contributed by atoms with van der Waals surface area (Å²) in [6, 6.07) is 10.1. The minimum Gasteiger partial charge on any atom is -0.324 e. The van der Waals surface area contributed by atoms with Gasteiger partial charge in [0.15, 0.2) is 5.78 Å². The second kappa shape index (κ2) is 6.60. The summed E-state index contributed by atoms with van der Waals surface area (Å²) in [7, 11) is -3.96. The maximum absolute atomic E-state index is 12.6. The number of ketones is 1. The average Bonchev–Trinajstić information content (AvgIpc) is 2.70. The lowest BCUT2D eigenvalue weighted by molar-refractivity contribution is -0.123. The van der Waals surface area contributed by atoms with Crippen molar-refractivity contribution in [1.29, 1.82) is 0 Å². The van der Waals surface area contributed by atoms with Gasteiger partial charge >= 0.3 is 0 Å². The zero-order valence-electron chi connectivity index (χ0n) is 13.7. The molecule has 0 aliphatic carbocycles. The second-order valence-corrected chi connectivity index (χ2v) is 7.41. The standard InChI is InChI=1S/C17H15N3O5S/c1-10(21)11-3-2-4-12(7-11)20-26(24,25)13-5-6-14-15(8-13)19-17(23)9-16(22)18-14/h2-8,20H,9H2,1H3,(H,18,22)(H,19,23). The Morgan fingerprint density at radius 1 is 1.00 bits per heavy atom. The molecule has 0 bridgehead atoms. The molecule has 0 unspecified atom stereocenters. The number of sulfonamides is 1. The molecule has 3 N–H and O–H groups in total. The summed E-state index contributed by atoms with van der Waals surface area (Å²) in [6.45, 7) is 1.39. The van der Waals surface area contributed by atoms with Gasteiger partial charge in [-0.25, -0.2) is 8.42 Å². The van der Waals surface area contributed by atoms with E-state index in [1.165, 1.54) is 37.3 Å². The molecule has 0 aromatic heterocycles. The van der Waals surface area contributed by atoms with Crippen LogP contribution < -0.4 is 15.4 Å². The van der Waals surface area contributed by atoms with Gasteiger partial charge in [-0.05, 0) is 37.3 Å². The molecule has 0 saturated carbocycles. The number of carbonyl (C=O) groups is 3. The molecule has 0 fully saturated rings. The molecule has 1 heterocycles. The Labute approximate surface area is 149 Å². The molecular weight excluding hydrogens is 358 g/mol. The molecule has 0 radical (unpaired) electrons. The highest BCUT2D eigenvalue weighted by molar-refractivity contribution is 7.92. The fourth-order valence-electron chi connectivity index (χ4n) is 2.45. The maximum atomic E-state index is 12.6. The topological polar surface area (TPSA) is 121 Å². The number of fused-ring (bicyclic) bond motifs is 1. The molecule has 1 aliphatic rings. The van der Waals surface area contributed by atoms with Crippen molar-refractivity contribution in [2.75, 3.05) is 15.4 Å². The summed E-state index contributed by atoms with van der Waals surface area (Å²) in [5.74, 6) is -1.19. The molecule has 0 atom stereocenters. The normalized spacial score (nSPS) is 13.9. The first kappa shape index (κ1) is 17.6. The zero-order valence-corrected chi connectivity index (χ0v) is 14.5. The lowest BCUT2D eigenvalue weighted by atomic mass is 10.1. The van der Waals surface area contributed by atoms with Crippen molar-refractivity contribution in [2.24, 2.45) is 0 Å². The van der Waals surface area contributed by atoms with Crippen molar-refractivity contribution in [3.63, 3.8) is 0 Å². The van der Waals surface area contributed by atoms with Crippen molar-refractivity contribution in [2.45, 2.75) is 18.2 Å². The van der Waals surface area contributed by atoms with Crippen LogP contribution in [0.15, 0.2) is 47.4 Å². The molecule has 26 heavy (non-hydrogen) atoms. The monoisotopic (exact) mass is 373 g/mol. The Kier molecular flexibility index (Phi) is 4.47. The van der Waals surface area contributed by atoms with Crippen molar-refractivity contribution in [3.05, 3.63) is 48.0 Å². The van der Waals surface area contributed by atoms with Crippen molar-refractivity contribution < 1.29 is 22.8 Å². The van der Waals surface area contributed by atoms with Crippen LogP contribution in [0.3, 0.4) is 0 Å². The predicted octanol–water partition coefficient (Wildman–Crippen LogP) is 1.97. The zero-order chi connectivity index (χ0) is 18.9. The molecule has 8 nitrogen and oxygen atoms in total. The molecule has 1 aliphatic heterocycles. The van der Waals surface area contributed by atoms with E-state index in [1.807, 2.05) is 0 Å². The minimum atomic E-state index is -3.96. The van der Waals surface area contributed by atoms with Crippen LogP contribution >= 0.6 is 0 Å². The summed E-state index contributed by atoms with van der Waals surface area (Å²) in [6.07, 6.45) is -0.340. The van der Waals surface area contributed by atoms with Crippen molar-refractivity contribution in [3.8, 4) is 0 Å². The van der Waals surface area contributed by atoms with Crippen LogP contribution in [0.2, 0.25) is 0 Å². The molecule has 3 rings (SSSR count). The van der Waals surface area contributed by atoms with E-state index < -0.39 is 21.8 Å². The van der Waals surface area contributed by atoms with Crippen LogP contribution in [0.25, 0.3) is 0 Å². The van der Waals surface area contributed by atoms with Crippen LogP contribution in [0.1, 0.15) is 23.7 Å². The van der Waals surface area contributed by atoms with Crippen LogP contribution in [-0.4, -0.2) is 26.0 Å². The van der Waals surface area contributed by atoms with E-state index >= 15 is 0 Å². The van der Waals surface area contributed by atoms with Gasteiger partial charge in [0.05, 0.1) is 16.3 Å². The van der Waals surface area contributed by atoms with Gasteiger partial charge in [-0.2, -0.15) is 0 Å². The van der Waals surface area contributed by atoms with E-state index in [4.69, 9.17) is 0 Å². The number of carbonyl (C=O) groups excluding carboxylic acids is 3. The number of hydrogen-bond donors (Lipinski definition) is 3. The highest BCUT2D eigenvalue weighted by Crippen LogP contribution is 2.28. The Bertz CT molecular complexity index is 1030. The second-order valence-electron chi connectivity index (χ2n) is 5.72. The first-order valence-electron chi connectivity index (χ1n) is 7.62. The number of anilines is 3. The van der Waals surface area contributed by atoms with Gasteiger partial charge in [0.1, 0.15) is 6.42 Å². The SMILES string of the molecule is CC(=O)c1cccc(NS(=O)(=O)c2ccc3c(c2)NC(=O)CC(=O)N3)c1. The van der Waals surface area contributed by atoms with Gasteiger partial charge in [-0.3, -0.25) is 19.1 Å². The van der Waals surface area contributed by atoms with Gasteiger partial charge in [-0.15, -0.1) is 0 Å². The summed E-state index contributed by atoms with van der Waals surface area (Å²) in [4.78, 5) is 34.5. The fourth-order valence-corrected chi connectivity index (χ4v) is 3.53. The van der Waals surface area contributed by atoms with E-state index in [1.54, 1.807) is 12.1 Å². The van der Waals surface area contributed by atoms with E-state index in [0.29, 0.717) is 11.3 Å². The van der Waals surface area contributed by atoms with Crippen molar-refractivity contribution in [1.82, 2.24) is 0 Å². The molecule has 2 aromatic rings. The lowest BCUT2D eigenvalue weighted by Crippen LogP contribution is -2.16. The number of hydrogen-bond acceptors (Lipinski definition) is 5. The molecule has 2 amide bonds. The maximum Gasteiger partial charge on any atom is 0.261 e. The number of amides is 2. The largest absolute Gasteiger partial charge is 0.324 e. The molecule has 0 spiro atoms. The van der Waals surface area contributed by atoms with Crippen LogP contribution in [0, 0.1) is 0 Å². The van der Waals surface area contributed by atoms with Crippen LogP contribution in [0.4, 0.5) is 17.1 Å². The van der Waals surface area contributed by atoms with Crippen LogP contribution in [0.5, 0.6) is 0 Å². The minimum absolute atomic E-state index is 0.0964. The first-order valence-corrected chi connectivity index (χ1v) is 9.10. The van der Waals surface area contributed by atoms with Gasteiger partial charge in [0.25, 0.3) is 10.0 Å². The predicted molar refractivity (Wildman–Crippen MR) is 95.6 cm³/mol. The third-order valence-corrected chi connectivity index (χ3v) is 5.07. The third kappa shape index (κ3) is 3.72. The molecular formula is C17H15N3O5S. The Balaban J connectivity index is 1.93. The van der Waals surface area contributed by atoms with Crippen LogP contribution in [-0.2, 0) is 19.6 Å². The number of rotatable bonds is 4. The molecule has 9 heteroatoms. The summed E-state index contributed by atoms with van der Waals surface area (Å²) >= 11 is 0. The highest BCUT2D eigenvalue weighted by atomic mass is 32.2. The summed E-state index contributed by atoms with van der Waals surface area (Å²) in [5.41, 5.74) is 1.13.